The van der Waals surface area contributed by atoms with Crippen LogP contribution in [0.3, 0.4) is 0 Å². The zero-order valence-electron chi connectivity index (χ0n) is 16.0. The lowest BCUT2D eigenvalue weighted by Gasteiger charge is -2.13. The second-order valence-electron chi connectivity index (χ2n) is 6.76. The Morgan fingerprint density at radius 3 is 2.37 bits per heavy atom. The van der Waals surface area contributed by atoms with E-state index in [1.165, 1.54) is 18.4 Å². The largest absolute Gasteiger partial charge is 0.493 e. The molecule has 0 spiro atoms. The molecule has 5 heteroatoms. The van der Waals surface area contributed by atoms with Crippen molar-refractivity contribution < 1.29 is 14.2 Å². The summed E-state index contributed by atoms with van der Waals surface area (Å²) in [7, 11) is 1.71. The summed E-state index contributed by atoms with van der Waals surface area (Å²) >= 11 is 0. The standard InChI is InChI=1S/C22H29NO3.ClH/c1-24-12-5-13-25-21-14-19(10-11-23-20-8-9-20)15-22(16-21)26-17-18-6-3-2-4-7-18;/h2-4,6-7,14-16,20,23H,5,8-13,17H2,1H3;1H. The van der Waals surface area contributed by atoms with Gasteiger partial charge in [-0.15, -0.1) is 12.4 Å². The molecule has 0 radical (unpaired) electrons. The van der Waals surface area contributed by atoms with Crippen molar-refractivity contribution in [1.82, 2.24) is 5.32 Å². The smallest absolute Gasteiger partial charge is 0.123 e. The van der Waals surface area contributed by atoms with Crippen LogP contribution in [0.15, 0.2) is 48.5 Å². The van der Waals surface area contributed by atoms with Gasteiger partial charge in [-0.3, -0.25) is 0 Å². The van der Waals surface area contributed by atoms with Crippen molar-refractivity contribution in [2.45, 2.75) is 38.3 Å². The molecule has 1 aliphatic rings. The van der Waals surface area contributed by atoms with Crippen molar-refractivity contribution in [2.24, 2.45) is 0 Å². The van der Waals surface area contributed by atoms with Crippen LogP contribution in [-0.2, 0) is 17.8 Å². The average molecular weight is 392 g/mol. The topological polar surface area (TPSA) is 39.7 Å². The Bertz CT molecular complexity index is 662. The molecule has 27 heavy (non-hydrogen) atoms. The molecule has 0 unspecified atom stereocenters. The summed E-state index contributed by atoms with van der Waals surface area (Å²) in [5.41, 5.74) is 2.40. The van der Waals surface area contributed by atoms with Gasteiger partial charge in [0.2, 0.25) is 0 Å². The van der Waals surface area contributed by atoms with E-state index in [0.717, 1.165) is 42.5 Å². The van der Waals surface area contributed by atoms with Crippen molar-refractivity contribution in [3.05, 3.63) is 59.7 Å². The molecular weight excluding hydrogens is 362 g/mol. The summed E-state index contributed by atoms with van der Waals surface area (Å²) in [6.45, 7) is 2.92. The SMILES string of the molecule is COCCCOc1cc(CCNC2CC2)cc(OCc2ccccc2)c1.Cl. The Morgan fingerprint density at radius 1 is 0.926 bits per heavy atom. The van der Waals surface area contributed by atoms with Crippen molar-refractivity contribution in [3.63, 3.8) is 0 Å². The van der Waals surface area contributed by atoms with Gasteiger partial charge in [0.15, 0.2) is 0 Å². The summed E-state index contributed by atoms with van der Waals surface area (Å²) in [5.74, 6) is 1.73. The quantitative estimate of drug-likeness (QED) is 0.544. The molecular formula is C22H30ClNO3. The van der Waals surface area contributed by atoms with Crippen LogP contribution in [0.5, 0.6) is 11.5 Å². The zero-order chi connectivity index (χ0) is 18.0. The zero-order valence-corrected chi connectivity index (χ0v) is 16.8. The molecule has 1 aliphatic carbocycles. The third-order valence-electron chi connectivity index (χ3n) is 4.37. The molecule has 0 aliphatic heterocycles. The van der Waals surface area contributed by atoms with Crippen molar-refractivity contribution in [1.29, 1.82) is 0 Å². The highest BCUT2D eigenvalue weighted by Gasteiger charge is 2.19. The Kier molecular flexibility index (Phi) is 9.46. The molecule has 1 saturated carbocycles. The van der Waals surface area contributed by atoms with Crippen LogP contribution in [0.1, 0.15) is 30.4 Å². The Morgan fingerprint density at radius 2 is 1.67 bits per heavy atom. The molecule has 1 N–H and O–H groups in total. The van der Waals surface area contributed by atoms with Gasteiger partial charge >= 0.3 is 0 Å². The average Bonchev–Trinajstić information content (AvgIpc) is 3.49. The van der Waals surface area contributed by atoms with Gasteiger partial charge in [-0.25, -0.2) is 0 Å². The van der Waals surface area contributed by atoms with Crippen molar-refractivity contribution in [2.75, 3.05) is 26.9 Å². The molecule has 3 rings (SSSR count). The fourth-order valence-electron chi connectivity index (χ4n) is 2.78. The monoisotopic (exact) mass is 391 g/mol. The molecule has 2 aromatic carbocycles. The van der Waals surface area contributed by atoms with Gasteiger partial charge in [0.05, 0.1) is 6.61 Å². The van der Waals surface area contributed by atoms with E-state index in [-0.39, 0.29) is 12.4 Å². The summed E-state index contributed by atoms with van der Waals surface area (Å²) in [6.07, 6.45) is 4.49. The minimum atomic E-state index is 0. The molecule has 0 aromatic heterocycles. The number of rotatable bonds is 12. The number of halogens is 1. The maximum Gasteiger partial charge on any atom is 0.123 e. The maximum absolute atomic E-state index is 6.02. The van der Waals surface area contributed by atoms with E-state index in [1.807, 2.05) is 24.3 Å². The molecule has 0 bridgehead atoms. The fraction of sp³-hybridized carbons (Fsp3) is 0.455. The molecule has 148 valence electrons. The minimum absolute atomic E-state index is 0. The highest BCUT2D eigenvalue weighted by atomic mass is 35.5. The minimum Gasteiger partial charge on any atom is -0.493 e. The lowest BCUT2D eigenvalue weighted by molar-refractivity contribution is 0.172. The van der Waals surface area contributed by atoms with E-state index in [1.54, 1.807) is 7.11 Å². The Hall–Kier alpha value is -1.75. The van der Waals surface area contributed by atoms with E-state index < -0.39 is 0 Å². The van der Waals surface area contributed by atoms with E-state index >= 15 is 0 Å². The number of hydrogen-bond donors (Lipinski definition) is 1. The van der Waals surface area contributed by atoms with Crippen LogP contribution < -0.4 is 14.8 Å². The molecule has 0 saturated heterocycles. The molecule has 0 amide bonds. The number of benzene rings is 2. The second-order valence-corrected chi connectivity index (χ2v) is 6.76. The molecule has 0 heterocycles. The number of ether oxygens (including phenoxy) is 3. The van der Waals surface area contributed by atoms with Gasteiger partial charge in [0.1, 0.15) is 18.1 Å². The summed E-state index contributed by atoms with van der Waals surface area (Å²) < 4.78 is 17.0. The summed E-state index contributed by atoms with van der Waals surface area (Å²) in [5, 5.41) is 3.56. The first-order valence-electron chi connectivity index (χ1n) is 9.49. The molecule has 2 aromatic rings. The second kappa shape index (κ2) is 11.9. The van der Waals surface area contributed by atoms with Gasteiger partial charge in [-0.1, -0.05) is 30.3 Å². The van der Waals surface area contributed by atoms with E-state index in [4.69, 9.17) is 14.2 Å². The van der Waals surface area contributed by atoms with E-state index in [2.05, 4.69) is 29.6 Å². The van der Waals surface area contributed by atoms with Gasteiger partial charge in [0, 0.05) is 32.2 Å². The first-order valence-corrected chi connectivity index (χ1v) is 9.49. The number of methoxy groups -OCH3 is 1. The van der Waals surface area contributed by atoms with Gasteiger partial charge in [-0.05, 0) is 49.1 Å². The lowest BCUT2D eigenvalue weighted by atomic mass is 10.1. The fourth-order valence-corrected chi connectivity index (χ4v) is 2.78. The van der Waals surface area contributed by atoms with Crippen LogP contribution in [0, 0.1) is 0 Å². The highest BCUT2D eigenvalue weighted by molar-refractivity contribution is 5.85. The third-order valence-corrected chi connectivity index (χ3v) is 4.37. The number of hydrogen-bond acceptors (Lipinski definition) is 4. The van der Waals surface area contributed by atoms with E-state index in [0.29, 0.717) is 19.8 Å². The molecule has 1 fully saturated rings. The summed E-state index contributed by atoms with van der Waals surface area (Å²) in [6, 6.07) is 17.2. The first kappa shape index (κ1) is 21.5. The van der Waals surface area contributed by atoms with Crippen LogP contribution >= 0.6 is 12.4 Å². The van der Waals surface area contributed by atoms with Crippen LogP contribution in [0.25, 0.3) is 0 Å². The third kappa shape index (κ3) is 8.21. The van der Waals surface area contributed by atoms with Crippen LogP contribution in [-0.4, -0.2) is 32.9 Å². The van der Waals surface area contributed by atoms with Crippen LogP contribution in [0.4, 0.5) is 0 Å². The summed E-state index contributed by atoms with van der Waals surface area (Å²) in [4.78, 5) is 0. The normalized spacial score (nSPS) is 13.1. The van der Waals surface area contributed by atoms with Crippen molar-refractivity contribution in [3.8, 4) is 11.5 Å². The highest BCUT2D eigenvalue weighted by Crippen LogP contribution is 2.25. The van der Waals surface area contributed by atoms with Crippen molar-refractivity contribution >= 4 is 12.4 Å². The van der Waals surface area contributed by atoms with Crippen LogP contribution in [0.2, 0.25) is 0 Å². The predicted molar refractivity (Wildman–Crippen MR) is 111 cm³/mol. The van der Waals surface area contributed by atoms with Gasteiger partial charge < -0.3 is 19.5 Å². The van der Waals surface area contributed by atoms with Gasteiger partial charge in [-0.2, -0.15) is 0 Å². The predicted octanol–water partition coefficient (Wildman–Crippen LogP) is 4.40. The number of nitrogens with one attached hydrogen (secondary N) is 1. The lowest BCUT2D eigenvalue weighted by Crippen LogP contribution is -2.19. The first-order chi connectivity index (χ1) is 12.8. The molecule has 4 nitrogen and oxygen atoms in total. The van der Waals surface area contributed by atoms with E-state index in [9.17, 15) is 0 Å². The Labute approximate surface area is 168 Å². The Balaban J connectivity index is 0.00000261. The maximum atomic E-state index is 6.02. The molecule has 0 atom stereocenters. The van der Waals surface area contributed by atoms with Gasteiger partial charge in [0.25, 0.3) is 0 Å².